The second kappa shape index (κ2) is 8.26. The number of amides is 4. The molecule has 1 aromatic carbocycles. The van der Waals surface area contributed by atoms with Crippen molar-refractivity contribution >= 4 is 17.8 Å². The van der Waals surface area contributed by atoms with E-state index in [1.165, 1.54) is 0 Å². The minimum absolute atomic E-state index is 0.129. The number of nitrogens with zero attached hydrogens (tertiary/aromatic N) is 2. The van der Waals surface area contributed by atoms with Gasteiger partial charge in [-0.3, -0.25) is 19.9 Å². The van der Waals surface area contributed by atoms with Crippen LogP contribution < -0.4 is 10.6 Å². The number of piperidine rings is 1. The van der Waals surface area contributed by atoms with Crippen molar-refractivity contribution in [3.05, 3.63) is 64.5 Å². The van der Waals surface area contributed by atoms with E-state index in [1.807, 2.05) is 33.8 Å². The van der Waals surface area contributed by atoms with Crippen molar-refractivity contribution in [2.45, 2.75) is 51.7 Å². The van der Waals surface area contributed by atoms with Gasteiger partial charge in [0.2, 0.25) is 0 Å². The first-order valence-corrected chi connectivity index (χ1v) is 11.3. The van der Waals surface area contributed by atoms with Gasteiger partial charge in [-0.25, -0.2) is 4.79 Å². The predicted molar refractivity (Wildman–Crippen MR) is 122 cm³/mol. The fourth-order valence-electron chi connectivity index (χ4n) is 4.99. The number of nitrogens with one attached hydrogen (secondary N) is 2. The lowest BCUT2D eigenvalue weighted by molar-refractivity contribution is -0.125. The number of aromatic nitrogens is 1. The molecule has 3 heterocycles. The van der Waals surface area contributed by atoms with Gasteiger partial charge in [-0.05, 0) is 61.4 Å². The van der Waals surface area contributed by atoms with Crippen LogP contribution in [0.3, 0.4) is 0 Å². The number of hydrogen-bond acceptors (Lipinski definition) is 5. The molecule has 33 heavy (non-hydrogen) atoms. The van der Waals surface area contributed by atoms with Gasteiger partial charge in [0.1, 0.15) is 11.1 Å². The molecular formula is C25H30N4O4. The average molecular weight is 451 g/mol. The fourth-order valence-corrected chi connectivity index (χ4v) is 4.99. The summed E-state index contributed by atoms with van der Waals surface area (Å²) in [6, 6.07) is 8.30. The zero-order chi connectivity index (χ0) is 24.0. The van der Waals surface area contributed by atoms with Gasteiger partial charge < -0.3 is 15.3 Å². The highest BCUT2D eigenvalue weighted by Gasteiger charge is 2.50. The Morgan fingerprint density at radius 3 is 2.27 bits per heavy atom. The summed E-state index contributed by atoms with van der Waals surface area (Å²) >= 11 is 0. The molecule has 1 aromatic heterocycles. The van der Waals surface area contributed by atoms with E-state index in [4.69, 9.17) is 0 Å². The molecule has 4 rings (SSSR count). The van der Waals surface area contributed by atoms with Crippen LogP contribution in [0.2, 0.25) is 0 Å². The second-order valence-electron chi connectivity index (χ2n) is 9.45. The van der Waals surface area contributed by atoms with Crippen molar-refractivity contribution < 1.29 is 19.5 Å². The van der Waals surface area contributed by atoms with E-state index >= 15 is 0 Å². The van der Waals surface area contributed by atoms with Crippen LogP contribution in [0.1, 0.15) is 59.4 Å². The van der Waals surface area contributed by atoms with Crippen LogP contribution in [0, 0.1) is 19.8 Å². The summed E-state index contributed by atoms with van der Waals surface area (Å²) in [6.45, 7) is 8.48. The summed E-state index contributed by atoms with van der Waals surface area (Å²) in [5.74, 6) is -0.697. The monoisotopic (exact) mass is 450 g/mol. The first-order chi connectivity index (χ1) is 15.6. The largest absolute Gasteiger partial charge is 0.383 e. The maximum Gasteiger partial charge on any atom is 0.322 e. The molecule has 8 heteroatoms. The topological polar surface area (TPSA) is 112 Å². The number of urea groups is 1. The maximum absolute atomic E-state index is 13.1. The Hall–Kier alpha value is -3.26. The van der Waals surface area contributed by atoms with Crippen molar-refractivity contribution in [1.82, 2.24) is 20.5 Å². The lowest BCUT2D eigenvalue weighted by atomic mass is 9.79. The standard InChI is InChI=1S/C25H30N4O4/c1-15(2)25(22(31)27-23(32)28-25)19-7-5-18(6-8-19)21(30)29-11-9-24(33,10-12-29)20-17(4)13-16(3)14-26-20/h5-8,13-15,33H,9-12H2,1-4H3,(H2,27,28,31,32). The van der Waals surface area contributed by atoms with E-state index in [9.17, 15) is 19.5 Å². The molecule has 8 nitrogen and oxygen atoms in total. The number of aliphatic hydroxyl groups is 1. The summed E-state index contributed by atoms with van der Waals surface area (Å²) in [5.41, 5.74) is 1.61. The minimum atomic E-state index is -1.15. The van der Waals surface area contributed by atoms with Gasteiger partial charge in [0, 0.05) is 24.8 Å². The highest BCUT2D eigenvalue weighted by molar-refractivity contribution is 6.07. The number of rotatable bonds is 4. The number of carbonyl (C=O) groups is 3. The van der Waals surface area contributed by atoms with Crippen LogP contribution in [0.5, 0.6) is 0 Å². The Morgan fingerprint density at radius 2 is 1.76 bits per heavy atom. The Bertz CT molecular complexity index is 1100. The Labute approximate surface area is 193 Å². The average Bonchev–Trinajstić information content (AvgIpc) is 3.08. The lowest BCUT2D eigenvalue weighted by Gasteiger charge is -2.38. The van der Waals surface area contributed by atoms with Crippen LogP contribution >= 0.6 is 0 Å². The van der Waals surface area contributed by atoms with Gasteiger partial charge in [0.25, 0.3) is 11.8 Å². The number of pyridine rings is 1. The van der Waals surface area contributed by atoms with E-state index < -0.39 is 23.1 Å². The second-order valence-corrected chi connectivity index (χ2v) is 9.45. The highest BCUT2D eigenvalue weighted by Crippen LogP contribution is 2.35. The Morgan fingerprint density at radius 1 is 1.12 bits per heavy atom. The summed E-state index contributed by atoms with van der Waals surface area (Å²) < 4.78 is 0. The van der Waals surface area contributed by atoms with Gasteiger partial charge in [-0.15, -0.1) is 0 Å². The molecule has 2 saturated heterocycles. The molecule has 1 atom stereocenters. The van der Waals surface area contributed by atoms with Crippen molar-refractivity contribution in [1.29, 1.82) is 0 Å². The molecular weight excluding hydrogens is 420 g/mol. The van der Waals surface area contributed by atoms with Gasteiger partial charge in [-0.1, -0.05) is 32.0 Å². The summed E-state index contributed by atoms with van der Waals surface area (Å²) in [4.78, 5) is 43.6. The Balaban J connectivity index is 1.49. The lowest BCUT2D eigenvalue weighted by Crippen LogP contribution is -2.48. The first-order valence-electron chi connectivity index (χ1n) is 11.3. The number of hydrogen-bond donors (Lipinski definition) is 3. The molecule has 174 valence electrons. The molecule has 0 spiro atoms. The molecule has 3 N–H and O–H groups in total. The fraction of sp³-hybridized carbons (Fsp3) is 0.440. The molecule has 0 aliphatic carbocycles. The quantitative estimate of drug-likeness (QED) is 0.620. The number of benzene rings is 1. The minimum Gasteiger partial charge on any atom is -0.383 e. The van der Waals surface area contributed by atoms with Crippen LogP contribution in [0.4, 0.5) is 4.79 Å². The smallest absolute Gasteiger partial charge is 0.322 e. The molecule has 4 amide bonds. The van der Waals surface area contributed by atoms with Gasteiger partial charge in [0.15, 0.2) is 0 Å². The number of aryl methyl sites for hydroxylation is 2. The third-order valence-electron chi connectivity index (χ3n) is 6.88. The molecule has 2 aromatic rings. The molecule has 2 aliphatic rings. The van der Waals surface area contributed by atoms with Crippen LogP contribution in [-0.2, 0) is 15.9 Å². The molecule has 0 radical (unpaired) electrons. The summed E-state index contributed by atoms with van der Waals surface area (Å²) in [7, 11) is 0. The van der Waals surface area contributed by atoms with Gasteiger partial charge >= 0.3 is 6.03 Å². The zero-order valence-electron chi connectivity index (χ0n) is 19.4. The molecule has 2 fully saturated rings. The Kier molecular flexibility index (Phi) is 5.74. The summed E-state index contributed by atoms with van der Waals surface area (Å²) in [6.07, 6.45) is 2.59. The van der Waals surface area contributed by atoms with Crippen molar-refractivity contribution in [2.75, 3.05) is 13.1 Å². The van der Waals surface area contributed by atoms with E-state index in [1.54, 1.807) is 35.4 Å². The van der Waals surface area contributed by atoms with Gasteiger partial charge in [-0.2, -0.15) is 0 Å². The highest BCUT2D eigenvalue weighted by atomic mass is 16.3. The molecule has 0 bridgehead atoms. The van der Waals surface area contributed by atoms with E-state index in [-0.39, 0.29) is 11.8 Å². The SMILES string of the molecule is Cc1cnc(C2(O)CCN(C(=O)c3ccc(C4(C(C)C)NC(=O)NC4=O)cc3)CC2)c(C)c1. The van der Waals surface area contributed by atoms with Crippen LogP contribution in [-0.4, -0.2) is 45.9 Å². The normalized spacial score (nSPS) is 22.3. The van der Waals surface area contributed by atoms with Gasteiger partial charge in [0.05, 0.1) is 5.69 Å². The van der Waals surface area contributed by atoms with Crippen molar-refractivity contribution in [3.8, 4) is 0 Å². The van der Waals surface area contributed by atoms with Crippen molar-refractivity contribution in [2.24, 2.45) is 5.92 Å². The van der Waals surface area contributed by atoms with Crippen LogP contribution in [0.15, 0.2) is 36.5 Å². The van der Waals surface area contributed by atoms with Crippen LogP contribution in [0.25, 0.3) is 0 Å². The molecule has 2 aliphatic heterocycles. The number of likely N-dealkylation sites (tertiary alicyclic amines) is 1. The number of carbonyl (C=O) groups excluding carboxylic acids is 3. The zero-order valence-corrected chi connectivity index (χ0v) is 19.4. The third-order valence-corrected chi connectivity index (χ3v) is 6.88. The van der Waals surface area contributed by atoms with E-state index in [2.05, 4.69) is 15.6 Å². The molecule has 1 unspecified atom stereocenters. The third kappa shape index (κ3) is 3.88. The first kappa shape index (κ1) is 22.9. The van der Waals surface area contributed by atoms with E-state index in [0.29, 0.717) is 42.8 Å². The maximum atomic E-state index is 13.1. The number of imide groups is 1. The summed E-state index contributed by atoms with van der Waals surface area (Å²) in [5, 5.41) is 16.3. The van der Waals surface area contributed by atoms with Crippen molar-refractivity contribution in [3.63, 3.8) is 0 Å². The van der Waals surface area contributed by atoms with E-state index in [0.717, 1.165) is 11.1 Å². The predicted octanol–water partition coefficient (Wildman–Crippen LogP) is 2.51. The molecule has 0 saturated carbocycles.